The van der Waals surface area contributed by atoms with E-state index in [-0.39, 0.29) is 23.5 Å². The summed E-state index contributed by atoms with van der Waals surface area (Å²) in [7, 11) is 1.29. The molecule has 8 nitrogen and oxygen atoms in total. The number of carbonyl (C=O) groups is 2. The molecule has 0 unspecified atom stereocenters. The molecule has 0 bridgehead atoms. The van der Waals surface area contributed by atoms with Crippen molar-refractivity contribution in [3.63, 3.8) is 0 Å². The fraction of sp³-hybridized carbons (Fsp3) is 0.200. The number of hydrogen-bond donors (Lipinski definition) is 2. The summed E-state index contributed by atoms with van der Waals surface area (Å²) < 4.78 is 4.56. The average Bonchev–Trinajstić information content (AvgIpc) is 2.28. The maximum absolute atomic E-state index is 11.3. The smallest absolute Gasteiger partial charge is 0.335 e. The highest BCUT2D eigenvalue weighted by Crippen LogP contribution is 2.25. The van der Waals surface area contributed by atoms with Gasteiger partial charge in [-0.05, 0) is 12.1 Å². The Morgan fingerprint density at radius 3 is 2.67 bits per heavy atom. The third-order valence-corrected chi connectivity index (χ3v) is 1.99. The van der Waals surface area contributed by atoms with E-state index in [9.17, 15) is 19.7 Å². The minimum Gasteiger partial charge on any atom is -0.478 e. The van der Waals surface area contributed by atoms with Gasteiger partial charge in [-0.1, -0.05) is 0 Å². The molecule has 0 atom stereocenters. The number of ether oxygens (including phenoxy) is 1. The number of aromatic carboxylic acids is 1. The molecule has 0 aliphatic carbocycles. The molecule has 8 heteroatoms. The van der Waals surface area contributed by atoms with E-state index < -0.39 is 16.8 Å². The summed E-state index contributed by atoms with van der Waals surface area (Å²) in [5.74, 6) is -1.85. The van der Waals surface area contributed by atoms with Crippen molar-refractivity contribution >= 4 is 23.3 Å². The topological polar surface area (TPSA) is 119 Å². The van der Waals surface area contributed by atoms with E-state index in [4.69, 9.17) is 5.11 Å². The quantitative estimate of drug-likeness (QED) is 0.594. The number of anilines is 1. The molecule has 1 rings (SSSR count). The lowest BCUT2D eigenvalue weighted by atomic mass is 10.1. The highest BCUT2D eigenvalue weighted by molar-refractivity contribution is 5.96. The molecule has 0 aromatic heterocycles. The number of amides is 1. The van der Waals surface area contributed by atoms with Crippen molar-refractivity contribution in [3.05, 3.63) is 33.9 Å². The summed E-state index contributed by atoms with van der Waals surface area (Å²) >= 11 is 0. The molecular weight excluding hydrogens is 244 g/mol. The van der Waals surface area contributed by atoms with Gasteiger partial charge in [0.2, 0.25) is 0 Å². The molecule has 1 aromatic rings. The van der Waals surface area contributed by atoms with Crippen LogP contribution in [0.5, 0.6) is 0 Å². The molecule has 0 radical (unpaired) electrons. The molecule has 0 fully saturated rings. The molecule has 0 heterocycles. The van der Waals surface area contributed by atoms with E-state index in [0.29, 0.717) is 0 Å². The summed E-state index contributed by atoms with van der Waals surface area (Å²) in [6.45, 7) is -0.283. The zero-order chi connectivity index (χ0) is 13.7. The fourth-order valence-electron chi connectivity index (χ4n) is 1.25. The molecule has 96 valence electrons. The zero-order valence-electron chi connectivity index (χ0n) is 9.37. The largest absolute Gasteiger partial charge is 0.478 e. The summed E-state index contributed by atoms with van der Waals surface area (Å²) in [4.78, 5) is 32.0. The van der Waals surface area contributed by atoms with Crippen LogP contribution in [-0.2, 0) is 9.53 Å². The van der Waals surface area contributed by atoms with Gasteiger partial charge in [0.05, 0.1) is 10.5 Å². The van der Waals surface area contributed by atoms with Crippen LogP contribution >= 0.6 is 0 Å². The normalized spacial score (nSPS) is 9.83. The molecule has 18 heavy (non-hydrogen) atoms. The predicted octanol–water partition coefficient (Wildman–Crippen LogP) is 0.878. The van der Waals surface area contributed by atoms with Crippen molar-refractivity contribution < 1.29 is 24.4 Å². The van der Waals surface area contributed by atoms with E-state index in [1.54, 1.807) is 0 Å². The van der Waals surface area contributed by atoms with Gasteiger partial charge < -0.3 is 15.2 Å². The van der Waals surface area contributed by atoms with Crippen molar-refractivity contribution in [2.24, 2.45) is 0 Å². The molecule has 2 N–H and O–H groups in total. The molecule has 1 amide bonds. The summed E-state index contributed by atoms with van der Waals surface area (Å²) in [6.07, 6.45) is 0. The Morgan fingerprint density at radius 1 is 1.50 bits per heavy atom. The lowest BCUT2D eigenvalue weighted by Crippen LogP contribution is -2.18. The molecule has 0 saturated carbocycles. The van der Waals surface area contributed by atoms with E-state index in [0.717, 1.165) is 18.2 Å². The summed E-state index contributed by atoms with van der Waals surface area (Å²) in [5.41, 5.74) is -0.722. The Hall–Kier alpha value is -2.48. The van der Waals surface area contributed by atoms with Crippen LogP contribution in [0.2, 0.25) is 0 Å². The first kappa shape index (κ1) is 13.6. The van der Waals surface area contributed by atoms with Gasteiger partial charge in [0, 0.05) is 13.2 Å². The Morgan fingerprint density at radius 2 is 2.17 bits per heavy atom. The minimum absolute atomic E-state index is 0.159. The summed E-state index contributed by atoms with van der Waals surface area (Å²) in [5, 5.41) is 21.7. The second kappa shape index (κ2) is 5.73. The first-order valence-corrected chi connectivity index (χ1v) is 4.76. The third-order valence-electron chi connectivity index (χ3n) is 1.99. The van der Waals surface area contributed by atoms with Crippen LogP contribution in [0.15, 0.2) is 18.2 Å². The van der Waals surface area contributed by atoms with Gasteiger partial charge in [-0.3, -0.25) is 14.9 Å². The molecule has 0 aliphatic heterocycles. The zero-order valence-corrected chi connectivity index (χ0v) is 9.37. The number of carboxylic acids is 1. The van der Waals surface area contributed by atoms with E-state index in [2.05, 4.69) is 10.1 Å². The lowest BCUT2D eigenvalue weighted by molar-refractivity contribution is -0.383. The second-order valence-electron chi connectivity index (χ2n) is 3.28. The van der Waals surface area contributed by atoms with Crippen LogP contribution in [0.1, 0.15) is 10.4 Å². The van der Waals surface area contributed by atoms with Crippen LogP contribution in [0.3, 0.4) is 0 Å². The fourth-order valence-corrected chi connectivity index (χ4v) is 1.25. The number of hydrogen-bond acceptors (Lipinski definition) is 5. The first-order valence-electron chi connectivity index (χ1n) is 4.76. The lowest BCUT2D eigenvalue weighted by Gasteiger charge is -2.06. The predicted molar refractivity (Wildman–Crippen MR) is 60.6 cm³/mol. The SMILES string of the molecule is COCC(=O)Nc1cc(C(=O)O)ccc1[N+](=O)[O-]. The highest BCUT2D eigenvalue weighted by Gasteiger charge is 2.18. The van der Waals surface area contributed by atoms with Crippen LogP contribution in [0.25, 0.3) is 0 Å². The number of nitro benzene ring substituents is 1. The first-order chi connectivity index (χ1) is 8.45. The number of nitro groups is 1. The van der Waals surface area contributed by atoms with Crippen molar-refractivity contribution in [1.82, 2.24) is 0 Å². The Labute approximate surface area is 101 Å². The molecule has 0 aliphatic rings. The van der Waals surface area contributed by atoms with Crippen molar-refractivity contribution in [3.8, 4) is 0 Å². The summed E-state index contributed by atoms with van der Waals surface area (Å²) in [6, 6.07) is 3.13. The van der Waals surface area contributed by atoms with Crippen LogP contribution < -0.4 is 5.32 Å². The van der Waals surface area contributed by atoms with E-state index in [1.807, 2.05) is 0 Å². The number of carbonyl (C=O) groups excluding carboxylic acids is 1. The standard InChI is InChI=1S/C10H10N2O6/c1-18-5-9(13)11-7-4-6(10(14)15)2-3-8(7)12(16)17/h2-4H,5H2,1H3,(H,11,13)(H,14,15). The molecule has 1 aromatic carbocycles. The minimum atomic E-state index is -1.24. The Bertz CT molecular complexity index is 499. The molecule has 0 saturated heterocycles. The van der Waals surface area contributed by atoms with Gasteiger partial charge in [-0.2, -0.15) is 0 Å². The van der Waals surface area contributed by atoms with Crippen molar-refractivity contribution in [1.29, 1.82) is 0 Å². The Balaban J connectivity index is 3.11. The number of rotatable bonds is 5. The van der Waals surface area contributed by atoms with Crippen molar-refractivity contribution in [2.75, 3.05) is 19.0 Å². The number of nitrogens with one attached hydrogen (secondary N) is 1. The van der Waals surface area contributed by atoms with Gasteiger partial charge in [-0.15, -0.1) is 0 Å². The maximum atomic E-state index is 11.3. The third kappa shape index (κ3) is 3.25. The van der Waals surface area contributed by atoms with Crippen LogP contribution in [-0.4, -0.2) is 35.6 Å². The number of nitrogens with zero attached hydrogens (tertiary/aromatic N) is 1. The van der Waals surface area contributed by atoms with E-state index >= 15 is 0 Å². The molecular formula is C10H10N2O6. The van der Waals surface area contributed by atoms with Gasteiger partial charge in [0.25, 0.3) is 11.6 Å². The Kier molecular flexibility index (Phi) is 4.33. The second-order valence-corrected chi connectivity index (χ2v) is 3.28. The van der Waals surface area contributed by atoms with Crippen LogP contribution in [0.4, 0.5) is 11.4 Å². The van der Waals surface area contributed by atoms with Gasteiger partial charge >= 0.3 is 5.97 Å². The number of benzene rings is 1. The monoisotopic (exact) mass is 254 g/mol. The maximum Gasteiger partial charge on any atom is 0.335 e. The number of methoxy groups -OCH3 is 1. The van der Waals surface area contributed by atoms with Crippen molar-refractivity contribution in [2.45, 2.75) is 0 Å². The van der Waals surface area contributed by atoms with Gasteiger partial charge in [0.15, 0.2) is 0 Å². The average molecular weight is 254 g/mol. The highest BCUT2D eigenvalue weighted by atomic mass is 16.6. The molecule has 0 spiro atoms. The van der Waals surface area contributed by atoms with E-state index in [1.165, 1.54) is 7.11 Å². The number of carboxylic acid groups (broad SMARTS) is 1. The van der Waals surface area contributed by atoms with Gasteiger partial charge in [-0.25, -0.2) is 4.79 Å². The van der Waals surface area contributed by atoms with Crippen LogP contribution in [0, 0.1) is 10.1 Å². The van der Waals surface area contributed by atoms with Gasteiger partial charge in [0.1, 0.15) is 12.3 Å².